The Hall–Kier alpha value is -3.56. The van der Waals surface area contributed by atoms with Gasteiger partial charge < -0.3 is 29.4 Å². The van der Waals surface area contributed by atoms with Crippen LogP contribution in [0.1, 0.15) is 16.1 Å². The lowest BCUT2D eigenvalue weighted by atomic mass is 10.2. The topological polar surface area (TPSA) is 129 Å². The first-order valence-corrected chi connectivity index (χ1v) is 7.81. The van der Waals surface area contributed by atoms with E-state index >= 15 is 0 Å². The van der Waals surface area contributed by atoms with Gasteiger partial charge in [0.1, 0.15) is 23.8 Å². The summed E-state index contributed by atoms with van der Waals surface area (Å²) < 4.78 is 19.7. The molecular weight excluding hydrogens is 358 g/mol. The number of ether oxygens (including phenoxy) is 3. The molecule has 0 spiro atoms. The van der Waals surface area contributed by atoms with Crippen molar-refractivity contribution in [1.29, 1.82) is 0 Å². The van der Waals surface area contributed by atoms with Gasteiger partial charge in [-0.05, 0) is 19.1 Å². The zero-order valence-electron chi connectivity index (χ0n) is 15.0. The predicted molar refractivity (Wildman–Crippen MR) is 92.7 cm³/mol. The highest BCUT2D eigenvalue weighted by Crippen LogP contribution is 2.22. The third-order valence-electron chi connectivity index (χ3n) is 3.27. The van der Waals surface area contributed by atoms with Gasteiger partial charge in [0.2, 0.25) is 0 Å². The number of carbonyl (C=O) groups excluding carboxylic acids is 3. The van der Waals surface area contributed by atoms with Crippen molar-refractivity contribution < 1.29 is 33.1 Å². The summed E-state index contributed by atoms with van der Waals surface area (Å²) >= 11 is 0. The normalized spacial score (nSPS) is 10.0. The molecule has 1 aromatic heterocycles. The maximum Gasteiger partial charge on any atom is 0.325 e. The number of esters is 1. The van der Waals surface area contributed by atoms with E-state index in [0.29, 0.717) is 17.3 Å². The van der Waals surface area contributed by atoms with E-state index in [1.807, 2.05) is 0 Å². The zero-order valence-corrected chi connectivity index (χ0v) is 15.0. The van der Waals surface area contributed by atoms with E-state index in [2.05, 4.69) is 15.8 Å². The van der Waals surface area contributed by atoms with Gasteiger partial charge in [0.15, 0.2) is 12.4 Å². The number of nitrogens with one attached hydrogen (secondary N) is 2. The molecule has 2 N–H and O–H groups in total. The molecule has 0 saturated heterocycles. The van der Waals surface area contributed by atoms with Gasteiger partial charge in [-0.25, -0.2) is 0 Å². The number of carbonyl (C=O) groups is 3. The summed E-state index contributed by atoms with van der Waals surface area (Å²) in [7, 11) is 2.92. The van der Waals surface area contributed by atoms with Gasteiger partial charge in [0, 0.05) is 17.7 Å². The molecule has 0 radical (unpaired) electrons. The van der Waals surface area contributed by atoms with Crippen molar-refractivity contribution in [2.75, 3.05) is 32.7 Å². The van der Waals surface area contributed by atoms with Crippen molar-refractivity contribution in [2.45, 2.75) is 6.92 Å². The summed E-state index contributed by atoms with van der Waals surface area (Å²) in [6.07, 6.45) is 0. The lowest BCUT2D eigenvalue weighted by Crippen LogP contribution is -2.32. The van der Waals surface area contributed by atoms with Crippen LogP contribution in [0.15, 0.2) is 28.8 Å². The summed E-state index contributed by atoms with van der Waals surface area (Å²) in [5.74, 6) is -0.270. The molecule has 1 aromatic carbocycles. The Morgan fingerprint density at radius 1 is 1.07 bits per heavy atom. The number of nitrogens with zero attached hydrogens (tertiary/aromatic N) is 1. The minimum Gasteiger partial charge on any atom is -0.497 e. The molecule has 144 valence electrons. The van der Waals surface area contributed by atoms with Gasteiger partial charge in [-0.1, -0.05) is 5.16 Å². The van der Waals surface area contributed by atoms with Crippen molar-refractivity contribution >= 4 is 23.6 Å². The number of anilines is 1. The van der Waals surface area contributed by atoms with Gasteiger partial charge in [-0.15, -0.1) is 0 Å². The molecular formula is C17H19N3O7. The number of aryl methyl sites for hydroxylation is 1. The molecule has 0 aliphatic carbocycles. The van der Waals surface area contributed by atoms with Crippen LogP contribution in [-0.2, 0) is 14.3 Å². The number of amides is 2. The first-order valence-electron chi connectivity index (χ1n) is 7.81. The molecule has 1 heterocycles. The van der Waals surface area contributed by atoms with Crippen molar-refractivity contribution in [2.24, 2.45) is 0 Å². The highest BCUT2D eigenvalue weighted by molar-refractivity contribution is 5.97. The third-order valence-corrected chi connectivity index (χ3v) is 3.27. The number of benzene rings is 1. The molecule has 0 unspecified atom stereocenters. The summed E-state index contributed by atoms with van der Waals surface area (Å²) in [5.41, 5.74) is 0.248. The second kappa shape index (κ2) is 9.22. The van der Waals surface area contributed by atoms with E-state index in [9.17, 15) is 14.4 Å². The monoisotopic (exact) mass is 377 g/mol. The molecule has 27 heavy (non-hydrogen) atoms. The number of rotatable bonds is 8. The van der Waals surface area contributed by atoms with Crippen molar-refractivity contribution in [1.82, 2.24) is 10.5 Å². The molecule has 2 rings (SSSR count). The largest absolute Gasteiger partial charge is 0.497 e. The van der Waals surface area contributed by atoms with E-state index in [1.165, 1.54) is 32.4 Å². The second-order valence-electron chi connectivity index (χ2n) is 5.32. The molecule has 0 aliphatic rings. The van der Waals surface area contributed by atoms with E-state index in [4.69, 9.17) is 18.7 Å². The van der Waals surface area contributed by atoms with Crippen LogP contribution in [0.2, 0.25) is 0 Å². The quantitative estimate of drug-likeness (QED) is 0.650. The summed E-state index contributed by atoms with van der Waals surface area (Å²) in [4.78, 5) is 35.5. The van der Waals surface area contributed by atoms with Gasteiger partial charge in [-0.3, -0.25) is 14.4 Å². The Balaban J connectivity index is 1.79. The molecule has 0 bridgehead atoms. The van der Waals surface area contributed by atoms with E-state index < -0.39 is 30.9 Å². The Morgan fingerprint density at radius 3 is 2.30 bits per heavy atom. The fraction of sp³-hybridized carbons (Fsp3) is 0.294. The number of hydrogen-bond donors (Lipinski definition) is 2. The highest BCUT2D eigenvalue weighted by atomic mass is 16.5. The highest BCUT2D eigenvalue weighted by Gasteiger charge is 2.13. The molecule has 2 aromatic rings. The van der Waals surface area contributed by atoms with Crippen LogP contribution in [-0.4, -0.2) is 50.3 Å². The number of hydrogen-bond acceptors (Lipinski definition) is 8. The van der Waals surface area contributed by atoms with Gasteiger partial charge in [-0.2, -0.15) is 0 Å². The van der Waals surface area contributed by atoms with Gasteiger partial charge in [0.05, 0.1) is 14.2 Å². The predicted octanol–water partition coefficient (Wildman–Crippen LogP) is 0.912. The SMILES string of the molecule is COc1cc(OC)cc(C(=O)NCC(=O)OCC(=O)Nc2cc(C)on2)c1. The fourth-order valence-electron chi connectivity index (χ4n) is 1.99. The molecule has 0 saturated carbocycles. The van der Waals surface area contributed by atoms with Gasteiger partial charge in [0.25, 0.3) is 11.8 Å². The Labute approximate surface area is 154 Å². The fourth-order valence-corrected chi connectivity index (χ4v) is 1.99. The Bertz CT molecular complexity index is 809. The first kappa shape index (κ1) is 19.8. The Morgan fingerprint density at radius 2 is 1.74 bits per heavy atom. The summed E-state index contributed by atoms with van der Waals surface area (Å²) in [6.45, 7) is 0.742. The summed E-state index contributed by atoms with van der Waals surface area (Å²) in [5, 5.41) is 8.37. The average molecular weight is 377 g/mol. The van der Waals surface area contributed by atoms with Crippen LogP contribution in [0.3, 0.4) is 0 Å². The summed E-state index contributed by atoms with van der Waals surface area (Å²) in [6, 6.07) is 6.12. The van der Waals surface area contributed by atoms with Crippen LogP contribution in [0, 0.1) is 6.92 Å². The molecule has 10 heteroatoms. The van der Waals surface area contributed by atoms with E-state index in [-0.39, 0.29) is 11.4 Å². The maximum absolute atomic E-state index is 12.1. The van der Waals surface area contributed by atoms with Crippen molar-refractivity contribution in [3.05, 3.63) is 35.6 Å². The lowest BCUT2D eigenvalue weighted by Gasteiger charge is -2.09. The van der Waals surface area contributed by atoms with Crippen molar-refractivity contribution in [3.63, 3.8) is 0 Å². The van der Waals surface area contributed by atoms with E-state index in [1.54, 1.807) is 13.0 Å². The molecule has 0 aliphatic heterocycles. The van der Waals surface area contributed by atoms with Crippen LogP contribution in [0.4, 0.5) is 5.82 Å². The van der Waals surface area contributed by atoms with Crippen LogP contribution in [0.25, 0.3) is 0 Å². The standard InChI is InChI=1S/C17H19N3O7/c1-10-4-14(20-27-10)19-15(21)9-26-16(22)8-18-17(23)11-5-12(24-2)7-13(6-11)25-3/h4-7H,8-9H2,1-3H3,(H,18,23)(H,19,20,21). The zero-order chi connectivity index (χ0) is 19.8. The van der Waals surface area contributed by atoms with Crippen LogP contribution < -0.4 is 20.1 Å². The van der Waals surface area contributed by atoms with Crippen LogP contribution in [0.5, 0.6) is 11.5 Å². The van der Waals surface area contributed by atoms with Crippen LogP contribution >= 0.6 is 0 Å². The maximum atomic E-state index is 12.1. The number of aromatic nitrogens is 1. The smallest absolute Gasteiger partial charge is 0.325 e. The molecule has 2 amide bonds. The third kappa shape index (κ3) is 6.03. The lowest BCUT2D eigenvalue weighted by molar-refractivity contribution is -0.146. The van der Waals surface area contributed by atoms with Gasteiger partial charge >= 0.3 is 5.97 Å². The van der Waals surface area contributed by atoms with Crippen molar-refractivity contribution in [3.8, 4) is 11.5 Å². The van der Waals surface area contributed by atoms with E-state index in [0.717, 1.165) is 0 Å². The molecule has 0 fully saturated rings. The minimum atomic E-state index is -0.773. The Kier molecular flexibility index (Phi) is 6.75. The molecule has 0 atom stereocenters. The minimum absolute atomic E-state index is 0.217. The average Bonchev–Trinajstić information content (AvgIpc) is 3.08. The second-order valence-corrected chi connectivity index (χ2v) is 5.32. The number of methoxy groups -OCH3 is 2. The first-order chi connectivity index (χ1) is 12.9. The molecule has 10 nitrogen and oxygen atoms in total.